The van der Waals surface area contributed by atoms with Gasteiger partial charge in [-0.3, -0.25) is 9.48 Å². The van der Waals surface area contributed by atoms with Crippen molar-refractivity contribution in [2.24, 2.45) is 7.05 Å². The molecule has 232 valence electrons. The number of anilines is 1. The SMILES string of the molecule is C=C(Cc1ccc(Oc2ccc(OC(F)F)c(-c3nn(C)cc3NC(=O)c3cnn4cccnc34)c2)cc1)N1CCN(C)CC1. The second-order valence-electron chi connectivity index (χ2n) is 10.8. The molecule has 0 saturated carbocycles. The lowest BCUT2D eigenvalue weighted by Crippen LogP contribution is -2.43. The van der Waals surface area contributed by atoms with Gasteiger partial charge in [-0.25, -0.2) is 9.50 Å². The molecule has 1 amide bonds. The number of aromatic nitrogens is 5. The maximum Gasteiger partial charge on any atom is 0.387 e. The lowest BCUT2D eigenvalue weighted by atomic mass is 10.1. The van der Waals surface area contributed by atoms with Crippen LogP contribution in [0.15, 0.2) is 85.6 Å². The normalized spacial score (nSPS) is 13.8. The molecule has 0 spiro atoms. The predicted molar refractivity (Wildman–Crippen MR) is 165 cm³/mol. The zero-order valence-electron chi connectivity index (χ0n) is 24.9. The number of aryl methyl sites for hydroxylation is 1. The Labute approximate surface area is 258 Å². The number of hydrogen-bond donors (Lipinski definition) is 1. The van der Waals surface area contributed by atoms with Crippen LogP contribution in [-0.2, 0) is 13.5 Å². The molecule has 1 aliphatic heterocycles. The van der Waals surface area contributed by atoms with Crippen LogP contribution in [0.1, 0.15) is 15.9 Å². The van der Waals surface area contributed by atoms with E-state index in [1.165, 1.54) is 27.5 Å². The number of carbonyl (C=O) groups is 1. The highest BCUT2D eigenvalue weighted by molar-refractivity contribution is 6.09. The highest BCUT2D eigenvalue weighted by Crippen LogP contribution is 2.39. The van der Waals surface area contributed by atoms with E-state index in [2.05, 4.69) is 43.9 Å². The number of nitrogens with zero attached hydrogens (tertiary/aromatic N) is 7. The molecule has 1 aliphatic rings. The number of allylic oxidation sites excluding steroid dienone is 1. The first kappa shape index (κ1) is 29.8. The van der Waals surface area contributed by atoms with Gasteiger partial charge >= 0.3 is 6.61 Å². The summed E-state index contributed by atoms with van der Waals surface area (Å²) >= 11 is 0. The van der Waals surface area contributed by atoms with Crippen LogP contribution in [0.25, 0.3) is 16.9 Å². The lowest BCUT2D eigenvalue weighted by molar-refractivity contribution is -0.0494. The summed E-state index contributed by atoms with van der Waals surface area (Å²) in [5.41, 5.74) is 3.49. The van der Waals surface area contributed by atoms with Gasteiger partial charge in [0, 0.05) is 63.9 Å². The number of piperazine rings is 1. The largest absolute Gasteiger partial charge is 0.457 e. The highest BCUT2D eigenvalue weighted by Gasteiger charge is 2.22. The van der Waals surface area contributed by atoms with Gasteiger partial charge in [0.05, 0.1) is 17.4 Å². The average molecular weight is 615 g/mol. The minimum absolute atomic E-state index is 0.123. The minimum Gasteiger partial charge on any atom is -0.457 e. The van der Waals surface area contributed by atoms with E-state index in [-0.39, 0.29) is 28.3 Å². The van der Waals surface area contributed by atoms with Crippen molar-refractivity contribution in [2.75, 3.05) is 38.5 Å². The maximum atomic E-state index is 13.4. The van der Waals surface area contributed by atoms with E-state index in [9.17, 15) is 13.6 Å². The monoisotopic (exact) mass is 614 g/mol. The number of hydrogen-bond acceptors (Lipinski definition) is 8. The fourth-order valence-corrected chi connectivity index (χ4v) is 5.19. The van der Waals surface area contributed by atoms with Crippen LogP contribution in [0.3, 0.4) is 0 Å². The smallest absolute Gasteiger partial charge is 0.387 e. The summed E-state index contributed by atoms with van der Waals surface area (Å²) in [4.78, 5) is 22.1. The molecule has 2 aromatic carbocycles. The molecule has 6 rings (SSSR count). The van der Waals surface area contributed by atoms with Crippen molar-refractivity contribution >= 4 is 17.2 Å². The van der Waals surface area contributed by atoms with Crippen molar-refractivity contribution in [3.8, 4) is 28.5 Å². The van der Waals surface area contributed by atoms with Gasteiger partial charge in [-0.15, -0.1) is 0 Å². The summed E-state index contributed by atoms with van der Waals surface area (Å²) in [6.45, 7) is 5.16. The quantitative estimate of drug-likeness (QED) is 0.233. The Kier molecular flexibility index (Phi) is 8.43. The van der Waals surface area contributed by atoms with Crippen molar-refractivity contribution in [3.05, 3.63) is 96.7 Å². The molecule has 0 bridgehead atoms. The predicted octanol–water partition coefficient (Wildman–Crippen LogP) is 5.08. The second kappa shape index (κ2) is 12.7. The van der Waals surface area contributed by atoms with Gasteiger partial charge in [-0.2, -0.15) is 19.0 Å². The van der Waals surface area contributed by atoms with E-state index in [4.69, 9.17) is 9.47 Å². The first-order valence-electron chi connectivity index (χ1n) is 14.3. The number of nitrogens with one attached hydrogen (secondary N) is 1. The second-order valence-corrected chi connectivity index (χ2v) is 10.8. The molecule has 0 atom stereocenters. The molecule has 45 heavy (non-hydrogen) atoms. The Morgan fingerprint density at radius 3 is 2.58 bits per heavy atom. The Morgan fingerprint density at radius 1 is 1.07 bits per heavy atom. The first-order chi connectivity index (χ1) is 21.7. The summed E-state index contributed by atoms with van der Waals surface area (Å²) in [6.07, 6.45) is 6.93. The summed E-state index contributed by atoms with van der Waals surface area (Å²) in [5.74, 6) is 0.322. The number of carbonyl (C=O) groups excluding carboxylic acids is 1. The highest BCUT2D eigenvalue weighted by atomic mass is 19.3. The minimum atomic E-state index is -3.07. The average Bonchev–Trinajstić information content (AvgIpc) is 3.62. The third-order valence-corrected chi connectivity index (χ3v) is 7.54. The third kappa shape index (κ3) is 6.78. The molecule has 0 aliphatic carbocycles. The molecule has 11 nitrogen and oxygen atoms in total. The Bertz CT molecular complexity index is 1830. The summed E-state index contributed by atoms with van der Waals surface area (Å²) in [7, 11) is 3.78. The number of benzene rings is 2. The first-order valence-corrected chi connectivity index (χ1v) is 14.3. The number of alkyl halides is 2. The van der Waals surface area contributed by atoms with Gasteiger partial charge in [0.25, 0.3) is 5.91 Å². The molecular weight excluding hydrogens is 582 g/mol. The Hall–Kier alpha value is -5.30. The third-order valence-electron chi connectivity index (χ3n) is 7.54. The summed E-state index contributed by atoms with van der Waals surface area (Å²) in [6, 6.07) is 13.8. The molecule has 1 saturated heterocycles. The zero-order valence-corrected chi connectivity index (χ0v) is 24.9. The molecule has 13 heteroatoms. The van der Waals surface area contributed by atoms with Gasteiger partial charge in [0.2, 0.25) is 0 Å². The molecule has 1 fully saturated rings. The summed E-state index contributed by atoms with van der Waals surface area (Å²) < 4.78 is 40.7. The molecule has 1 N–H and O–H groups in total. The van der Waals surface area contributed by atoms with Gasteiger partial charge in [0.1, 0.15) is 28.5 Å². The zero-order chi connectivity index (χ0) is 31.5. The van der Waals surface area contributed by atoms with Crippen LogP contribution in [0, 0.1) is 0 Å². The van der Waals surface area contributed by atoms with Crippen LogP contribution in [0.4, 0.5) is 14.5 Å². The number of ether oxygens (including phenoxy) is 2. The van der Waals surface area contributed by atoms with Gasteiger partial charge in [-0.1, -0.05) is 18.7 Å². The fraction of sp³-hybridized carbons (Fsp3) is 0.250. The van der Waals surface area contributed by atoms with E-state index in [1.54, 1.807) is 37.8 Å². The van der Waals surface area contributed by atoms with Gasteiger partial charge < -0.3 is 24.6 Å². The summed E-state index contributed by atoms with van der Waals surface area (Å²) in [5, 5.41) is 11.4. The van der Waals surface area contributed by atoms with Crippen LogP contribution in [-0.4, -0.2) is 79.9 Å². The molecule has 3 aromatic heterocycles. The van der Waals surface area contributed by atoms with Crippen molar-refractivity contribution in [3.63, 3.8) is 0 Å². The number of rotatable bonds is 10. The van der Waals surface area contributed by atoms with E-state index in [0.29, 0.717) is 17.1 Å². The number of halogens is 2. The van der Waals surface area contributed by atoms with Crippen LogP contribution >= 0.6 is 0 Å². The van der Waals surface area contributed by atoms with Crippen molar-refractivity contribution in [1.82, 2.24) is 34.2 Å². The maximum absolute atomic E-state index is 13.4. The molecule has 5 aromatic rings. The van der Waals surface area contributed by atoms with Crippen LogP contribution in [0.5, 0.6) is 17.2 Å². The van der Waals surface area contributed by atoms with Gasteiger partial charge in [-0.05, 0) is 49.0 Å². The van der Waals surface area contributed by atoms with Crippen molar-refractivity contribution in [2.45, 2.75) is 13.0 Å². The van der Waals surface area contributed by atoms with E-state index < -0.39 is 12.5 Å². The Morgan fingerprint density at radius 2 is 1.82 bits per heavy atom. The molecule has 4 heterocycles. The Balaban J connectivity index is 1.22. The molecular formula is C32H32F2N8O3. The fourth-order valence-electron chi connectivity index (χ4n) is 5.19. The van der Waals surface area contributed by atoms with Crippen LogP contribution in [0.2, 0.25) is 0 Å². The van der Waals surface area contributed by atoms with E-state index in [1.807, 2.05) is 24.3 Å². The molecule has 0 unspecified atom stereocenters. The lowest BCUT2D eigenvalue weighted by Gasteiger charge is -2.35. The van der Waals surface area contributed by atoms with Crippen molar-refractivity contribution < 1.29 is 23.0 Å². The number of amides is 1. The molecule has 0 radical (unpaired) electrons. The number of fused-ring (bicyclic) bond motifs is 1. The topological polar surface area (TPSA) is 102 Å². The van der Waals surface area contributed by atoms with Crippen molar-refractivity contribution in [1.29, 1.82) is 0 Å². The van der Waals surface area contributed by atoms with E-state index in [0.717, 1.165) is 43.9 Å². The van der Waals surface area contributed by atoms with Crippen LogP contribution < -0.4 is 14.8 Å². The number of likely N-dealkylation sites (N-methyl/N-ethyl adjacent to an activating group) is 1. The van der Waals surface area contributed by atoms with E-state index >= 15 is 0 Å². The standard InChI is InChI=1S/C32H32F2N8O3/c1-21(41-15-13-39(2)14-16-41)17-22-5-7-23(8-6-22)44-24-9-10-28(45-32(33)34)25(18-24)29-27(20-40(3)38-29)37-31(43)26-19-36-42-12-4-11-35-30(26)42/h4-12,18-20,32H,1,13-17H2,2-3H3,(H,37,43). The van der Waals surface area contributed by atoms with Gasteiger partial charge in [0.15, 0.2) is 5.65 Å².